The van der Waals surface area contributed by atoms with Gasteiger partial charge in [-0.2, -0.15) is 11.8 Å². The summed E-state index contributed by atoms with van der Waals surface area (Å²) in [5.41, 5.74) is 4.10. The lowest BCUT2D eigenvalue weighted by Gasteiger charge is -2.42. The molecule has 2 aliphatic heterocycles. The van der Waals surface area contributed by atoms with Crippen molar-refractivity contribution >= 4 is 39.2 Å². The Morgan fingerprint density at radius 3 is 2.62 bits per heavy atom. The average Bonchev–Trinajstić information content (AvgIpc) is 2.62. The molecule has 0 amide bonds. The lowest BCUT2D eigenvalue weighted by molar-refractivity contribution is 0.377. The van der Waals surface area contributed by atoms with Gasteiger partial charge in [0.15, 0.2) is 0 Å². The molecule has 0 atom stereocenters. The molecule has 124 valence electrons. The van der Waals surface area contributed by atoms with Crippen LogP contribution in [0.5, 0.6) is 0 Å². The predicted octanol–water partition coefficient (Wildman–Crippen LogP) is 5.53. The molecule has 1 fully saturated rings. The highest BCUT2D eigenvalue weighted by Gasteiger charge is 2.41. The van der Waals surface area contributed by atoms with Crippen molar-refractivity contribution in [3.63, 3.8) is 0 Å². The Morgan fingerprint density at radius 2 is 1.79 bits per heavy atom. The van der Waals surface area contributed by atoms with Crippen LogP contribution in [0.4, 0.5) is 5.69 Å². The van der Waals surface area contributed by atoms with Crippen LogP contribution < -0.4 is 5.32 Å². The van der Waals surface area contributed by atoms with Gasteiger partial charge >= 0.3 is 0 Å². The summed E-state index contributed by atoms with van der Waals surface area (Å²) >= 11 is 5.71. The molecular formula is C20H21BrN2S. The highest BCUT2D eigenvalue weighted by molar-refractivity contribution is 9.10. The first kappa shape index (κ1) is 16.2. The average molecular weight is 401 g/mol. The van der Waals surface area contributed by atoms with Crippen molar-refractivity contribution in [2.45, 2.75) is 25.8 Å². The van der Waals surface area contributed by atoms with Gasteiger partial charge in [0.25, 0.3) is 0 Å². The molecule has 0 bridgehead atoms. The SMILES string of the molecule is Brc1ccccc1CN=C1Nc2ccccc2CC12CCSCC2. The molecule has 0 unspecified atom stereocenters. The number of benzene rings is 2. The third-order valence-electron chi connectivity index (χ3n) is 5.12. The number of nitrogens with one attached hydrogen (secondary N) is 1. The molecule has 4 rings (SSSR count). The maximum atomic E-state index is 5.06. The number of aliphatic imine (C=N–C) groups is 1. The van der Waals surface area contributed by atoms with Crippen LogP contribution in [0, 0.1) is 5.41 Å². The lowest BCUT2D eigenvalue weighted by atomic mass is 9.73. The lowest BCUT2D eigenvalue weighted by Crippen LogP contribution is -2.44. The van der Waals surface area contributed by atoms with Crippen LogP contribution in [0.1, 0.15) is 24.0 Å². The highest BCUT2D eigenvalue weighted by atomic mass is 79.9. The van der Waals surface area contributed by atoms with E-state index in [9.17, 15) is 0 Å². The third-order valence-corrected chi connectivity index (χ3v) is 6.88. The fourth-order valence-corrected chi connectivity index (χ4v) is 5.36. The van der Waals surface area contributed by atoms with Crippen molar-refractivity contribution in [1.29, 1.82) is 0 Å². The number of para-hydroxylation sites is 1. The van der Waals surface area contributed by atoms with Crippen molar-refractivity contribution < 1.29 is 0 Å². The first-order chi connectivity index (χ1) is 11.8. The summed E-state index contributed by atoms with van der Waals surface area (Å²) in [6.45, 7) is 0.723. The van der Waals surface area contributed by atoms with Crippen LogP contribution in [0.3, 0.4) is 0 Å². The molecule has 1 spiro atoms. The van der Waals surface area contributed by atoms with E-state index in [-0.39, 0.29) is 5.41 Å². The molecule has 2 aromatic carbocycles. The summed E-state index contributed by atoms with van der Waals surface area (Å²) in [5.74, 6) is 3.66. The van der Waals surface area contributed by atoms with Crippen molar-refractivity contribution in [3.8, 4) is 0 Å². The van der Waals surface area contributed by atoms with Crippen LogP contribution >= 0.6 is 27.7 Å². The summed E-state index contributed by atoms with van der Waals surface area (Å²) in [7, 11) is 0. The van der Waals surface area contributed by atoms with E-state index >= 15 is 0 Å². The second-order valence-corrected chi connectivity index (χ2v) is 8.69. The fraction of sp³-hybridized carbons (Fsp3) is 0.350. The van der Waals surface area contributed by atoms with E-state index in [1.807, 2.05) is 0 Å². The number of anilines is 1. The zero-order valence-corrected chi connectivity index (χ0v) is 16.0. The molecule has 0 aliphatic carbocycles. The smallest absolute Gasteiger partial charge is 0.108 e. The van der Waals surface area contributed by atoms with Gasteiger partial charge in [-0.1, -0.05) is 52.3 Å². The largest absolute Gasteiger partial charge is 0.343 e. The zero-order chi connectivity index (χ0) is 16.4. The van der Waals surface area contributed by atoms with Gasteiger partial charge in [-0.05, 0) is 54.0 Å². The number of nitrogens with zero attached hydrogens (tertiary/aromatic N) is 1. The molecule has 2 nitrogen and oxygen atoms in total. The molecule has 2 aromatic rings. The van der Waals surface area contributed by atoms with E-state index in [1.165, 1.54) is 47.0 Å². The molecular weight excluding hydrogens is 380 g/mol. The van der Waals surface area contributed by atoms with Gasteiger partial charge in [-0.25, -0.2) is 0 Å². The molecule has 1 saturated heterocycles. The van der Waals surface area contributed by atoms with Gasteiger partial charge < -0.3 is 5.32 Å². The van der Waals surface area contributed by atoms with Gasteiger partial charge in [0, 0.05) is 15.6 Å². The second-order valence-electron chi connectivity index (χ2n) is 6.61. The van der Waals surface area contributed by atoms with E-state index in [0.717, 1.165) is 17.4 Å². The molecule has 0 aromatic heterocycles. The van der Waals surface area contributed by atoms with E-state index < -0.39 is 0 Å². The predicted molar refractivity (Wildman–Crippen MR) is 108 cm³/mol. The number of fused-ring (bicyclic) bond motifs is 1. The molecule has 2 heterocycles. The van der Waals surface area contributed by atoms with Crippen molar-refractivity contribution in [3.05, 3.63) is 64.1 Å². The van der Waals surface area contributed by atoms with E-state index in [4.69, 9.17) is 4.99 Å². The summed E-state index contributed by atoms with van der Waals surface area (Å²) < 4.78 is 1.14. The van der Waals surface area contributed by atoms with E-state index in [1.54, 1.807) is 0 Å². The summed E-state index contributed by atoms with van der Waals surface area (Å²) in [5, 5.41) is 3.67. The normalized spacial score (nSPS) is 20.6. The van der Waals surface area contributed by atoms with Gasteiger partial charge in [0.05, 0.1) is 6.54 Å². The van der Waals surface area contributed by atoms with Gasteiger partial charge in [-0.15, -0.1) is 0 Å². The maximum Gasteiger partial charge on any atom is 0.108 e. The number of thioether (sulfide) groups is 1. The Balaban J connectivity index is 1.68. The van der Waals surface area contributed by atoms with Crippen LogP contribution in [0.2, 0.25) is 0 Å². The quantitative estimate of drug-likeness (QED) is 0.716. The maximum absolute atomic E-state index is 5.06. The fourth-order valence-electron chi connectivity index (χ4n) is 3.68. The van der Waals surface area contributed by atoms with E-state index in [2.05, 4.69) is 81.5 Å². The van der Waals surface area contributed by atoms with Crippen LogP contribution in [0.15, 0.2) is 58.0 Å². The Hall–Kier alpha value is -1.26. The van der Waals surface area contributed by atoms with Crippen LogP contribution in [-0.4, -0.2) is 17.3 Å². The van der Waals surface area contributed by atoms with Crippen LogP contribution in [0.25, 0.3) is 0 Å². The number of halogens is 1. The standard InChI is InChI=1S/C20H21BrN2S/c21-17-7-3-1-6-16(17)14-22-19-20(9-11-24-12-10-20)13-15-5-2-4-8-18(15)23-19/h1-8H,9-14H2,(H,22,23). The van der Waals surface area contributed by atoms with Crippen molar-refractivity contribution in [1.82, 2.24) is 0 Å². The summed E-state index contributed by atoms with van der Waals surface area (Å²) in [6.07, 6.45) is 3.55. The number of amidine groups is 1. The third kappa shape index (κ3) is 3.14. The minimum atomic E-state index is 0.195. The molecule has 4 heteroatoms. The monoisotopic (exact) mass is 400 g/mol. The molecule has 0 saturated carbocycles. The van der Waals surface area contributed by atoms with Gasteiger partial charge in [0.1, 0.15) is 5.84 Å². The van der Waals surface area contributed by atoms with E-state index in [0.29, 0.717) is 0 Å². The summed E-state index contributed by atoms with van der Waals surface area (Å²) in [4.78, 5) is 5.06. The Bertz CT molecular complexity index is 766. The minimum absolute atomic E-state index is 0.195. The van der Waals surface area contributed by atoms with Gasteiger partial charge in [0.2, 0.25) is 0 Å². The van der Waals surface area contributed by atoms with Crippen molar-refractivity contribution in [2.75, 3.05) is 16.8 Å². The first-order valence-corrected chi connectivity index (χ1v) is 10.4. The number of rotatable bonds is 2. The number of hydrogen-bond donors (Lipinski definition) is 1. The van der Waals surface area contributed by atoms with Gasteiger partial charge in [-0.3, -0.25) is 4.99 Å². The Labute approximate surface area is 156 Å². The van der Waals surface area contributed by atoms with Crippen molar-refractivity contribution in [2.24, 2.45) is 10.4 Å². The molecule has 0 radical (unpaired) electrons. The second kappa shape index (κ2) is 6.93. The number of hydrogen-bond acceptors (Lipinski definition) is 2. The molecule has 24 heavy (non-hydrogen) atoms. The Kier molecular flexibility index (Phi) is 4.68. The zero-order valence-electron chi connectivity index (χ0n) is 13.6. The summed E-state index contributed by atoms with van der Waals surface area (Å²) in [6, 6.07) is 17.1. The Morgan fingerprint density at radius 1 is 1.04 bits per heavy atom. The topological polar surface area (TPSA) is 24.4 Å². The first-order valence-electron chi connectivity index (χ1n) is 8.48. The minimum Gasteiger partial charge on any atom is -0.343 e. The van der Waals surface area contributed by atoms with Crippen LogP contribution in [-0.2, 0) is 13.0 Å². The highest BCUT2D eigenvalue weighted by Crippen LogP contribution is 2.44. The molecule has 2 aliphatic rings. The molecule has 1 N–H and O–H groups in total.